The first-order valence-electron chi connectivity index (χ1n) is 5.92. The van der Waals surface area contributed by atoms with Gasteiger partial charge in [0.15, 0.2) is 0 Å². The zero-order chi connectivity index (χ0) is 12.5. The van der Waals surface area contributed by atoms with E-state index in [1.165, 1.54) is 0 Å². The molecule has 3 N–H and O–H groups in total. The molecule has 0 aromatic carbocycles. The second-order valence-corrected chi connectivity index (χ2v) is 4.89. The fourth-order valence-corrected chi connectivity index (χ4v) is 2.39. The highest BCUT2D eigenvalue weighted by molar-refractivity contribution is 5.84. The van der Waals surface area contributed by atoms with E-state index in [1.807, 2.05) is 0 Å². The molecular formula is C11H18N2O4. The molecule has 2 unspecified atom stereocenters. The largest absolute Gasteiger partial charge is 0.480 e. The summed E-state index contributed by atoms with van der Waals surface area (Å²) in [5, 5.41) is 8.99. The molecule has 2 aliphatic rings. The van der Waals surface area contributed by atoms with E-state index in [9.17, 15) is 9.59 Å². The van der Waals surface area contributed by atoms with Gasteiger partial charge < -0.3 is 20.5 Å². The molecule has 0 spiro atoms. The third kappa shape index (κ3) is 2.42. The number of amides is 1. The highest BCUT2D eigenvalue weighted by Crippen LogP contribution is 2.23. The molecule has 0 aromatic heterocycles. The van der Waals surface area contributed by atoms with Crippen LogP contribution in [0.25, 0.3) is 0 Å². The van der Waals surface area contributed by atoms with Crippen molar-refractivity contribution in [3.05, 3.63) is 0 Å². The Balaban J connectivity index is 1.95. The molecule has 1 amide bonds. The maximum absolute atomic E-state index is 12.1. The lowest BCUT2D eigenvalue weighted by Gasteiger charge is -2.27. The van der Waals surface area contributed by atoms with Crippen molar-refractivity contribution in [2.45, 2.75) is 24.8 Å². The Morgan fingerprint density at radius 2 is 2.24 bits per heavy atom. The zero-order valence-corrected chi connectivity index (χ0v) is 9.72. The van der Waals surface area contributed by atoms with Gasteiger partial charge in [-0.15, -0.1) is 0 Å². The van der Waals surface area contributed by atoms with Crippen molar-refractivity contribution in [2.24, 2.45) is 11.7 Å². The second kappa shape index (κ2) is 4.62. The van der Waals surface area contributed by atoms with Crippen LogP contribution in [-0.2, 0) is 14.3 Å². The molecule has 0 aromatic rings. The number of carbonyl (C=O) groups is 2. The van der Waals surface area contributed by atoms with Crippen LogP contribution in [0.4, 0.5) is 0 Å². The monoisotopic (exact) mass is 242 g/mol. The molecule has 2 saturated heterocycles. The normalized spacial score (nSPS) is 33.7. The Kier molecular flexibility index (Phi) is 3.35. The van der Waals surface area contributed by atoms with Gasteiger partial charge in [-0.3, -0.25) is 9.59 Å². The van der Waals surface area contributed by atoms with Gasteiger partial charge in [0, 0.05) is 19.7 Å². The second-order valence-electron chi connectivity index (χ2n) is 4.89. The summed E-state index contributed by atoms with van der Waals surface area (Å²) in [5.74, 6) is -1.18. The van der Waals surface area contributed by atoms with Crippen molar-refractivity contribution in [1.82, 2.24) is 4.90 Å². The molecule has 2 aliphatic heterocycles. The number of carbonyl (C=O) groups excluding carboxylic acids is 1. The molecule has 0 saturated carbocycles. The standard InChI is InChI=1S/C11H18N2O4/c12-11(10(15)16)3-4-13(7-11)9(14)8-2-1-5-17-6-8/h8H,1-7,12H2,(H,15,16). The number of hydrogen-bond acceptors (Lipinski definition) is 4. The quantitative estimate of drug-likeness (QED) is 0.676. The molecule has 0 aliphatic carbocycles. The summed E-state index contributed by atoms with van der Waals surface area (Å²) >= 11 is 0. The predicted molar refractivity (Wildman–Crippen MR) is 59.3 cm³/mol. The minimum absolute atomic E-state index is 0.0155. The van der Waals surface area contributed by atoms with Crippen LogP contribution in [0.15, 0.2) is 0 Å². The summed E-state index contributed by atoms with van der Waals surface area (Å²) in [6.45, 7) is 1.69. The van der Waals surface area contributed by atoms with E-state index in [2.05, 4.69) is 0 Å². The van der Waals surface area contributed by atoms with Gasteiger partial charge in [-0.2, -0.15) is 0 Å². The number of carboxylic acid groups (broad SMARTS) is 1. The predicted octanol–water partition coefficient (Wildman–Crippen LogP) is -0.573. The molecule has 2 rings (SSSR count). The van der Waals surface area contributed by atoms with E-state index in [0.29, 0.717) is 26.2 Å². The Hall–Kier alpha value is -1.14. The van der Waals surface area contributed by atoms with Gasteiger partial charge in [-0.05, 0) is 19.3 Å². The van der Waals surface area contributed by atoms with E-state index in [4.69, 9.17) is 15.6 Å². The van der Waals surface area contributed by atoms with Crippen LogP contribution < -0.4 is 5.73 Å². The number of rotatable bonds is 2. The summed E-state index contributed by atoms with van der Waals surface area (Å²) in [5.41, 5.74) is 4.46. The Labute approximate surface area is 99.7 Å². The molecule has 0 bridgehead atoms. The average Bonchev–Trinajstić information content (AvgIpc) is 2.74. The van der Waals surface area contributed by atoms with Gasteiger partial charge in [0.2, 0.25) is 5.91 Å². The van der Waals surface area contributed by atoms with Gasteiger partial charge in [0.25, 0.3) is 0 Å². The van der Waals surface area contributed by atoms with Gasteiger partial charge in [-0.1, -0.05) is 0 Å². The molecular weight excluding hydrogens is 224 g/mol. The highest BCUT2D eigenvalue weighted by atomic mass is 16.5. The number of aliphatic carboxylic acids is 1. The lowest BCUT2D eigenvalue weighted by Crippen LogP contribution is -2.51. The number of nitrogens with two attached hydrogens (primary N) is 1. The van der Waals surface area contributed by atoms with Crippen molar-refractivity contribution < 1.29 is 19.4 Å². The maximum Gasteiger partial charge on any atom is 0.325 e. The minimum atomic E-state index is -1.27. The summed E-state index contributed by atoms with van der Waals surface area (Å²) < 4.78 is 5.27. The molecule has 96 valence electrons. The molecule has 6 nitrogen and oxygen atoms in total. The first kappa shape index (κ1) is 12.3. The highest BCUT2D eigenvalue weighted by Gasteiger charge is 2.44. The lowest BCUT2D eigenvalue weighted by atomic mass is 10.00. The van der Waals surface area contributed by atoms with Crippen molar-refractivity contribution in [1.29, 1.82) is 0 Å². The van der Waals surface area contributed by atoms with E-state index < -0.39 is 11.5 Å². The van der Waals surface area contributed by atoms with Crippen LogP contribution in [0, 0.1) is 5.92 Å². The lowest BCUT2D eigenvalue weighted by molar-refractivity contribution is -0.143. The van der Waals surface area contributed by atoms with Crippen molar-refractivity contribution >= 4 is 11.9 Å². The maximum atomic E-state index is 12.1. The van der Waals surface area contributed by atoms with Crippen LogP contribution in [0.5, 0.6) is 0 Å². The van der Waals surface area contributed by atoms with Crippen molar-refractivity contribution in [2.75, 3.05) is 26.3 Å². The van der Waals surface area contributed by atoms with Gasteiger partial charge >= 0.3 is 5.97 Å². The third-order valence-corrected chi connectivity index (χ3v) is 3.55. The SMILES string of the molecule is NC1(C(=O)O)CCN(C(=O)C2CCCOC2)C1. The number of ether oxygens (including phenoxy) is 1. The number of nitrogens with zero attached hydrogens (tertiary/aromatic N) is 1. The van der Waals surface area contributed by atoms with Crippen LogP contribution >= 0.6 is 0 Å². The van der Waals surface area contributed by atoms with Gasteiger partial charge in [-0.25, -0.2) is 0 Å². The average molecular weight is 242 g/mol. The molecule has 2 fully saturated rings. The summed E-state index contributed by atoms with van der Waals surface area (Å²) in [4.78, 5) is 24.7. The number of likely N-dealkylation sites (tertiary alicyclic amines) is 1. The fraction of sp³-hybridized carbons (Fsp3) is 0.818. The topological polar surface area (TPSA) is 92.9 Å². The van der Waals surface area contributed by atoms with Crippen LogP contribution in [-0.4, -0.2) is 53.7 Å². The summed E-state index contributed by atoms with van der Waals surface area (Å²) in [7, 11) is 0. The molecule has 6 heteroatoms. The van der Waals surface area contributed by atoms with E-state index >= 15 is 0 Å². The molecule has 17 heavy (non-hydrogen) atoms. The van der Waals surface area contributed by atoms with Crippen LogP contribution in [0.1, 0.15) is 19.3 Å². The molecule has 0 radical (unpaired) electrons. The van der Waals surface area contributed by atoms with E-state index in [0.717, 1.165) is 12.8 Å². The van der Waals surface area contributed by atoms with Crippen molar-refractivity contribution in [3.63, 3.8) is 0 Å². The number of carboxylic acids is 1. The van der Waals surface area contributed by atoms with E-state index in [-0.39, 0.29) is 18.4 Å². The summed E-state index contributed by atoms with van der Waals surface area (Å²) in [6.07, 6.45) is 2.03. The van der Waals surface area contributed by atoms with Gasteiger partial charge in [0.1, 0.15) is 5.54 Å². The third-order valence-electron chi connectivity index (χ3n) is 3.55. The Bertz CT molecular complexity index is 327. The Morgan fingerprint density at radius 1 is 1.47 bits per heavy atom. The van der Waals surface area contributed by atoms with Crippen molar-refractivity contribution in [3.8, 4) is 0 Å². The smallest absolute Gasteiger partial charge is 0.325 e. The first-order valence-corrected chi connectivity index (χ1v) is 5.92. The van der Waals surface area contributed by atoms with E-state index in [1.54, 1.807) is 4.90 Å². The number of hydrogen-bond donors (Lipinski definition) is 2. The Morgan fingerprint density at radius 3 is 2.76 bits per heavy atom. The molecule has 2 atom stereocenters. The first-order chi connectivity index (χ1) is 8.03. The summed E-state index contributed by atoms with van der Waals surface area (Å²) in [6, 6.07) is 0. The van der Waals surface area contributed by atoms with Gasteiger partial charge in [0.05, 0.1) is 12.5 Å². The van der Waals surface area contributed by atoms with Crippen LogP contribution in [0.2, 0.25) is 0 Å². The molecule has 2 heterocycles. The minimum Gasteiger partial charge on any atom is -0.480 e. The van der Waals surface area contributed by atoms with Crippen LogP contribution in [0.3, 0.4) is 0 Å². The fourth-order valence-electron chi connectivity index (χ4n) is 2.39. The zero-order valence-electron chi connectivity index (χ0n) is 9.72.